The van der Waals surface area contributed by atoms with Crippen molar-refractivity contribution in [3.05, 3.63) is 66.2 Å². The third-order valence-electron chi connectivity index (χ3n) is 5.66. The van der Waals surface area contributed by atoms with Crippen LogP contribution in [0, 0.1) is 5.92 Å². The van der Waals surface area contributed by atoms with Gasteiger partial charge in [-0.05, 0) is 23.6 Å². The van der Waals surface area contributed by atoms with E-state index in [-0.39, 0.29) is 18.4 Å². The molecule has 1 aliphatic rings. The second kappa shape index (κ2) is 12.1. The van der Waals surface area contributed by atoms with Gasteiger partial charge in [0.1, 0.15) is 12.6 Å². The summed E-state index contributed by atoms with van der Waals surface area (Å²) in [5.74, 6) is -0.228. The van der Waals surface area contributed by atoms with E-state index < -0.39 is 12.1 Å². The topological polar surface area (TPSA) is 73.9 Å². The molecule has 1 fully saturated rings. The van der Waals surface area contributed by atoms with Gasteiger partial charge in [-0.25, -0.2) is 4.79 Å². The first kappa shape index (κ1) is 23.6. The van der Waals surface area contributed by atoms with Crippen molar-refractivity contribution in [1.82, 2.24) is 15.5 Å². The predicted molar refractivity (Wildman–Crippen MR) is 126 cm³/mol. The number of carbonyl (C=O) groups is 2. The number of anilines is 1. The predicted octanol–water partition coefficient (Wildman–Crippen LogP) is 2.88. The second-order valence-corrected chi connectivity index (χ2v) is 8.38. The molecule has 2 amide bonds. The minimum absolute atomic E-state index is 0.0475. The van der Waals surface area contributed by atoms with Crippen molar-refractivity contribution < 1.29 is 14.3 Å². The number of hydrogen-bond donors (Lipinski definition) is 2. The number of amides is 2. The monoisotopic (exact) mass is 438 g/mol. The molecule has 1 heterocycles. The van der Waals surface area contributed by atoms with Crippen LogP contribution in [0.4, 0.5) is 10.5 Å². The van der Waals surface area contributed by atoms with Crippen molar-refractivity contribution in [3.63, 3.8) is 0 Å². The van der Waals surface area contributed by atoms with Crippen LogP contribution in [-0.4, -0.2) is 62.2 Å². The number of benzene rings is 2. The van der Waals surface area contributed by atoms with Crippen molar-refractivity contribution in [2.24, 2.45) is 5.92 Å². The average molecular weight is 439 g/mol. The summed E-state index contributed by atoms with van der Waals surface area (Å²) in [4.78, 5) is 29.6. The molecule has 2 aromatic carbocycles. The highest BCUT2D eigenvalue weighted by Gasteiger charge is 2.25. The summed E-state index contributed by atoms with van der Waals surface area (Å²) in [6, 6.07) is 19.3. The van der Waals surface area contributed by atoms with Crippen LogP contribution in [0.15, 0.2) is 60.7 Å². The SMILES string of the molecule is CC(C)[C@H](NC(=O)OCc1ccccc1)C(=O)NCCN1CCN(c2ccccc2)CC1. The minimum Gasteiger partial charge on any atom is -0.445 e. The van der Waals surface area contributed by atoms with Crippen LogP contribution >= 0.6 is 0 Å². The Morgan fingerprint density at radius 1 is 0.938 bits per heavy atom. The minimum atomic E-state index is -0.631. The number of rotatable bonds is 9. The summed E-state index contributed by atoms with van der Waals surface area (Å²) in [5, 5.41) is 5.67. The zero-order valence-corrected chi connectivity index (χ0v) is 19.0. The maximum atomic E-state index is 12.7. The maximum absolute atomic E-state index is 12.7. The van der Waals surface area contributed by atoms with Crippen LogP contribution in [0.25, 0.3) is 0 Å². The van der Waals surface area contributed by atoms with Crippen LogP contribution in [0.2, 0.25) is 0 Å². The molecule has 0 unspecified atom stereocenters. The molecule has 0 bridgehead atoms. The van der Waals surface area contributed by atoms with E-state index in [0.29, 0.717) is 6.54 Å². The van der Waals surface area contributed by atoms with Gasteiger partial charge in [0.05, 0.1) is 0 Å². The first-order valence-electron chi connectivity index (χ1n) is 11.3. The summed E-state index contributed by atoms with van der Waals surface area (Å²) >= 11 is 0. The number of alkyl carbamates (subject to hydrolysis) is 1. The number of piperazine rings is 1. The van der Waals surface area contributed by atoms with E-state index in [1.165, 1.54) is 5.69 Å². The second-order valence-electron chi connectivity index (χ2n) is 8.38. The Balaban J connectivity index is 1.37. The lowest BCUT2D eigenvalue weighted by Crippen LogP contribution is -2.52. The standard InChI is InChI=1S/C25H34N4O3/c1-20(2)23(27-25(31)32-19-21-9-5-3-6-10-21)24(30)26-13-14-28-15-17-29(18-16-28)22-11-7-4-8-12-22/h3-12,20,23H,13-19H2,1-2H3,(H,26,30)(H,27,31)/t23-/m0/s1. The Bertz CT molecular complexity index is 837. The Labute approximate surface area is 190 Å². The number of ether oxygens (including phenoxy) is 1. The molecule has 0 spiro atoms. The Morgan fingerprint density at radius 2 is 1.56 bits per heavy atom. The molecule has 7 heteroatoms. The average Bonchev–Trinajstić information content (AvgIpc) is 2.82. The van der Waals surface area contributed by atoms with Gasteiger partial charge in [-0.3, -0.25) is 9.69 Å². The number of carbonyl (C=O) groups excluding carboxylic acids is 2. The Hall–Kier alpha value is -3.06. The van der Waals surface area contributed by atoms with E-state index in [2.05, 4.69) is 44.7 Å². The lowest BCUT2D eigenvalue weighted by molar-refractivity contribution is -0.124. The van der Waals surface area contributed by atoms with Gasteiger partial charge in [-0.15, -0.1) is 0 Å². The van der Waals surface area contributed by atoms with Gasteiger partial charge in [-0.1, -0.05) is 62.4 Å². The van der Waals surface area contributed by atoms with Gasteiger partial charge in [0.15, 0.2) is 0 Å². The van der Waals surface area contributed by atoms with E-state index in [1.807, 2.05) is 50.2 Å². The lowest BCUT2D eigenvalue weighted by Gasteiger charge is -2.36. The van der Waals surface area contributed by atoms with E-state index in [0.717, 1.165) is 38.3 Å². The quantitative estimate of drug-likeness (QED) is 0.630. The molecule has 0 aromatic heterocycles. The van der Waals surface area contributed by atoms with Crippen molar-refractivity contribution in [1.29, 1.82) is 0 Å². The molecule has 172 valence electrons. The van der Waals surface area contributed by atoms with Gasteiger partial charge >= 0.3 is 6.09 Å². The molecular weight excluding hydrogens is 404 g/mol. The van der Waals surface area contributed by atoms with E-state index >= 15 is 0 Å². The first-order valence-corrected chi connectivity index (χ1v) is 11.3. The van der Waals surface area contributed by atoms with Crippen LogP contribution in [0.3, 0.4) is 0 Å². The molecule has 3 rings (SSSR count). The Kier molecular flexibility index (Phi) is 8.92. The Morgan fingerprint density at radius 3 is 2.19 bits per heavy atom. The molecule has 1 atom stereocenters. The molecule has 1 saturated heterocycles. The smallest absolute Gasteiger partial charge is 0.408 e. The number of para-hydroxylation sites is 1. The number of nitrogens with one attached hydrogen (secondary N) is 2. The highest BCUT2D eigenvalue weighted by molar-refractivity contribution is 5.85. The zero-order chi connectivity index (χ0) is 22.8. The normalized spacial score (nSPS) is 15.3. The van der Waals surface area contributed by atoms with Gasteiger partial charge < -0.3 is 20.3 Å². The third-order valence-corrected chi connectivity index (χ3v) is 5.66. The summed E-state index contributed by atoms with van der Waals surface area (Å²) < 4.78 is 5.26. The highest BCUT2D eigenvalue weighted by atomic mass is 16.5. The van der Waals surface area contributed by atoms with E-state index in [4.69, 9.17) is 4.74 Å². The fourth-order valence-electron chi connectivity index (χ4n) is 3.74. The van der Waals surface area contributed by atoms with Crippen molar-refractivity contribution in [2.45, 2.75) is 26.5 Å². The van der Waals surface area contributed by atoms with Crippen LogP contribution in [0.1, 0.15) is 19.4 Å². The van der Waals surface area contributed by atoms with Gasteiger partial charge in [0, 0.05) is 45.0 Å². The maximum Gasteiger partial charge on any atom is 0.408 e. The fraction of sp³-hybridized carbons (Fsp3) is 0.440. The van der Waals surface area contributed by atoms with E-state index in [9.17, 15) is 9.59 Å². The molecular formula is C25H34N4O3. The molecule has 0 saturated carbocycles. The van der Waals surface area contributed by atoms with Gasteiger partial charge in [-0.2, -0.15) is 0 Å². The van der Waals surface area contributed by atoms with E-state index in [1.54, 1.807) is 0 Å². The molecule has 2 aromatic rings. The lowest BCUT2D eigenvalue weighted by atomic mass is 10.0. The van der Waals surface area contributed by atoms with Crippen molar-refractivity contribution >= 4 is 17.7 Å². The molecule has 1 aliphatic heterocycles. The molecule has 0 radical (unpaired) electrons. The van der Waals surface area contributed by atoms with Crippen LogP contribution < -0.4 is 15.5 Å². The van der Waals surface area contributed by atoms with Gasteiger partial charge in [0.2, 0.25) is 5.91 Å². The van der Waals surface area contributed by atoms with Gasteiger partial charge in [0.25, 0.3) is 0 Å². The molecule has 0 aliphatic carbocycles. The summed E-state index contributed by atoms with van der Waals surface area (Å²) in [7, 11) is 0. The summed E-state index contributed by atoms with van der Waals surface area (Å²) in [6.45, 7) is 9.20. The first-order chi connectivity index (χ1) is 15.5. The molecule has 2 N–H and O–H groups in total. The van der Waals surface area contributed by atoms with Crippen LogP contribution in [0.5, 0.6) is 0 Å². The fourth-order valence-corrected chi connectivity index (χ4v) is 3.74. The third kappa shape index (κ3) is 7.27. The summed E-state index contributed by atoms with van der Waals surface area (Å²) in [5.41, 5.74) is 2.16. The number of hydrogen-bond acceptors (Lipinski definition) is 5. The highest BCUT2D eigenvalue weighted by Crippen LogP contribution is 2.15. The van der Waals surface area contributed by atoms with Crippen molar-refractivity contribution in [2.75, 3.05) is 44.2 Å². The summed E-state index contributed by atoms with van der Waals surface area (Å²) in [6.07, 6.45) is -0.584. The largest absolute Gasteiger partial charge is 0.445 e. The van der Waals surface area contributed by atoms with Crippen LogP contribution in [-0.2, 0) is 16.1 Å². The van der Waals surface area contributed by atoms with Crippen molar-refractivity contribution in [3.8, 4) is 0 Å². The molecule has 32 heavy (non-hydrogen) atoms. The zero-order valence-electron chi connectivity index (χ0n) is 19.0. The molecule has 7 nitrogen and oxygen atoms in total. The number of nitrogens with zero attached hydrogens (tertiary/aromatic N) is 2.